The fourth-order valence-corrected chi connectivity index (χ4v) is 2.05. The average Bonchev–Trinajstić information content (AvgIpc) is 2.67. The Morgan fingerprint density at radius 3 is 2.00 bits per heavy atom. The highest BCUT2D eigenvalue weighted by Gasteiger charge is 2.03. The molecule has 0 amide bonds. The van der Waals surface area contributed by atoms with Gasteiger partial charge in [-0.15, -0.1) is 0 Å². The first-order valence-electron chi connectivity index (χ1n) is 10.7. The summed E-state index contributed by atoms with van der Waals surface area (Å²) in [5.74, 6) is 0. The third kappa shape index (κ3) is 2.65. The SMILES string of the molecule is [2H]c1c([2H])c([2H])c(-c2cc(C)cc(-c3c([2H])c([2H])c([2H])c(C)c3[2H])c2)c([2H])c1[2H]. The van der Waals surface area contributed by atoms with Crippen LogP contribution in [0.4, 0.5) is 0 Å². The predicted molar refractivity (Wildman–Crippen MR) is 86.8 cm³/mol. The maximum Gasteiger partial charge on any atom is 0.0632 e. The Bertz CT molecular complexity index is 1020. The Labute approximate surface area is 133 Å². The summed E-state index contributed by atoms with van der Waals surface area (Å²) in [5, 5.41) is 0. The Morgan fingerprint density at radius 2 is 1.25 bits per heavy atom. The second-order valence-corrected chi connectivity index (χ2v) is 4.59. The van der Waals surface area contributed by atoms with E-state index in [1.807, 2.05) is 0 Å². The first-order valence-corrected chi connectivity index (χ1v) is 6.23. The maximum absolute atomic E-state index is 8.36. The molecule has 20 heavy (non-hydrogen) atoms. The van der Waals surface area contributed by atoms with Gasteiger partial charge in [-0.2, -0.15) is 0 Å². The van der Waals surface area contributed by atoms with Crippen molar-refractivity contribution in [1.82, 2.24) is 0 Å². The van der Waals surface area contributed by atoms with E-state index in [9.17, 15) is 0 Å². The summed E-state index contributed by atoms with van der Waals surface area (Å²) in [5.41, 5.74) is 2.02. The third-order valence-electron chi connectivity index (χ3n) is 2.90. The van der Waals surface area contributed by atoms with Gasteiger partial charge in [-0.1, -0.05) is 72.1 Å². The minimum Gasteiger partial charge on any atom is -0.0622 e. The van der Waals surface area contributed by atoms with Gasteiger partial charge in [0.25, 0.3) is 0 Å². The highest BCUT2D eigenvalue weighted by molar-refractivity contribution is 5.74. The molecule has 0 fully saturated rings. The largest absolute Gasteiger partial charge is 0.0632 e. The normalized spacial score (nSPS) is 16.8. The Hall–Kier alpha value is -2.34. The molecule has 0 spiro atoms. The number of benzene rings is 3. The molecular formula is C20H18. The lowest BCUT2D eigenvalue weighted by molar-refractivity contribution is 1.43. The molecule has 0 atom stereocenters. The molecule has 0 radical (unpaired) electrons. The van der Waals surface area contributed by atoms with Gasteiger partial charge in [-0.05, 0) is 47.7 Å². The molecule has 0 N–H and O–H groups in total. The summed E-state index contributed by atoms with van der Waals surface area (Å²) >= 11 is 0. The van der Waals surface area contributed by atoms with Crippen LogP contribution in [-0.4, -0.2) is 0 Å². The Balaban J connectivity index is 2.37. The van der Waals surface area contributed by atoms with Gasteiger partial charge in [0.1, 0.15) is 0 Å². The number of hydrogen-bond donors (Lipinski definition) is 0. The van der Waals surface area contributed by atoms with Crippen LogP contribution < -0.4 is 0 Å². The van der Waals surface area contributed by atoms with Crippen molar-refractivity contribution in [3.8, 4) is 22.3 Å². The van der Waals surface area contributed by atoms with Crippen molar-refractivity contribution in [2.75, 3.05) is 0 Å². The van der Waals surface area contributed by atoms with Crippen molar-refractivity contribution in [3.63, 3.8) is 0 Å². The summed E-state index contributed by atoms with van der Waals surface area (Å²) in [6.07, 6.45) is 0. The second-order valence-electron chi connectivity index (χ2n) is 4.59. The van der Waals surface area contributed by atoms with E-state index in [0.717, 1.165) is 0 Å². The van der Waals surface area contributed by atoms with E-state index in [-0.39, 0.29) is 52.9 Å². The zero-order valence-electron chi connectivity index (χ0n) is 20.2. The van der Waals surface area contributed by atoms with Crippen LogP contribution in [0.5, 0.6) is 0 Å². The summed E-state index contributed by atoms with van der Waals surface area (Å²) in [6, 6.07) is 2.23. The van der Waals surface area contributed by atoms with Crippen LogP contribution in [0.25, 0.3) is 22.3 Å². The zero-order chi connectivity index (χ0) is 21.8. The summed E-state index contributed by atoms with van der Waals surface area (Å²) < 4.78 is 72.4. The van der Waals surface area contributed by atoms with Crippen molar-refractivity contribution in [1.29, 1.82) is 0 Å². The van der Waals surface area contributed by atoms with Crippen LogP contribution in [0.1, 0.15) is 23.5 Å². The third-order valence-corrected chi connectivity index (χ3v) is 2.90. The van der Waals surface area contributed by atoms with E-state index in [1.165, 1.54) is 0 Å². The van der Waals surface area contributed by atoms with Crippen LogP contribution in [0.2, 0.25) is 0 Å². The molecule has 0 saturated carbocycles. The number of rotatable bonds is 2. The molecule has 0 nitrogen and oxygen atoms in total. The number of hydrogen-bond acceptors (Lipinski definition) is 0. The van der Waals surface area contributed by atoms with Crippen LogP contribution >= 0.6 is 0 Å². The number of aryl methyl sites for hydroxylation is 1. The standard InChI is InChI=1S/C20H18/c1-15-7-6-10-18(11-15)20-13-16(2)12-19(14-20)17-8-4-3-5-9-17/h3-14H,1-2H3/i3D,4D,5D,6D,7D,8D,9D,10D,11D. The fourth-order valence-electron chi connectivity index (χ4n) is 2.05. The van der Waals surface area contributed by atoms with E-state index >= 15 is 0 Å². The second kappa shape index (κ2) is 5.34. The molecule has 0 aliphatic heterocycles. The van der Waals surface area contributed by atoms with Gasteiger partial charge in [0, 0.05) is 0 Å². The molecule has 0 unspecified atom stereocenters. The molecule has 98 valence electrons. The fraction of sp³-hybridized carbons (Fsp3) is 0.100. The predicted octanol–water partition coefficient (Wildman–Crippen LogP) is 5.64. The van der Waals surface area contributed by atoms with Gasteiger partial charge in [0.15, 0.2) is 0 Å². The summed E-state index contributed by atoms with van der Waals surface area (Å²) in [4.78, 5) is 0. The van der Waals surface area contributed by atoms with Crippen LogP contribution in [-0.2, 0) is 0 Å². The smallest absolute Gasteiger partial charge is 0.0622 e. The topological polar surface area (TPSA) is 0 Å². The van der Waals surface area contributed by atoms with E-state index < -0.39 is 18.1 Å². The van der Waals surface area contributed by atoms with E-state index in [1.54, 1.807) is 32.0 Å². The summed E-state index contributed by atoms with van der Waals surface area (Å²) in [6.45, 7) is 3.32. The lowest BCUT2D eigenvalue weighted by Gasteiger charge is -2.09. The lowest BCUT2D eigenvalue weighted by atomic mass is 9.96. The van der Waals surface area contributed by atoms with Crippen molar-refractivity contribution < 1.29 is 12.3 Å². The van der Waals surface area contributed by atoms with Gasteiger partial charge >= 0.3 is 0 Å². The Kier molecular flexibility index (Phi) is 1.59. The zero-order valence-corrected chi connectivity index (χ0v) is 11.2. The molecular weight excluding hydrogens is 240 g/mol. The van der Waals surface area contributed by atoms with Crippen molar-refractivity contribution in [2.24, 2.45) is 0 Å². The highest BCUT2D eigenvalue weighted by Crippen LogP contribution is 2.28. The molecule has 0 saturated heterocycles. The molecule has 3 rings (SSSR count). The molecule has 0 aliphatic rings. The molecule has 3 aromatic rings. The minimum atomic E-state index is -0.473. The van der Waals surface area contributed by atoms with Crippen LogP contribution in [0.3, 0.4) is 0 Å². The van der Waals surface area contributed by atoms with E-state index in [4.69, 9.17) is 12.3 Å². The average molecular weight is 267 g/mol. The van der Waals surface area contributed by atoms with Gasteiger partial charge < -0.3 is 0 Å². The van der Waals surface area contributed by atoms with Gasteiger partial charge in [-0.25, -0.2) is 0 Å². The van der Waals surface area contributed by atoms with E-state index in [2.05, 4.69) is 0 Å². The first kappa shape index (κ1) is 5.97. The Morgan fingerprint density at radius 1 is 0.600 bits per heavy atom. The molecule has 0 heterocycles. The first-order chi connectivity index (χ1) is 13.5. The quantitative estimate of drug-likeness (QED) is 0.564. The molecule has 3 aromatic carbocycles. The van der Waals surface area contributed by atoms with Crippen molar-refractivity contribution >= 4 is 0 Å². The molecule has 0 bridgehead atoms. The summed E-state index contributed by atoms with van der Waals surface area (Å²) in [7, 11) is 0. The van der Waals surface area contributed by atoms with Crippen molar-refractivity contribution in [3.05, 3.63) is 83.7 Å². The van der Waals surface area contributed by atoms with Gasteiger partial charge in [-0.3, -0.25) is 0 Å². The van der Waals surface area contributed by atoms with E-state index in [0.29, 0.717) is 16.7 Å². The van der Waals surface area contributed by atoms with Crippen LogP contribution in [0, 0.1) is 13.8 Å². The van der Waals surface area contributed by atoms with Gasteiger partial charge in [0.05, 0.1) is 12.3 Å². The van der Waals surface area contributed by atoms with Gasteiger partial charge in [0.2, 0.25) is 0 Å². The molecule has 0 heteroatoms. The molecule has 0 aromatic heterocycles. The molecule has 0 aliphatic carbocycles. The minimum absolute atomic E-state index is 0.0337. The monoisotopic (exact) mass is 267 g/mol. The maximum atomic E-state index is 8.36. The van der Waals surface area contributed by atoms with Crippen LogP contribution in [0.15, 0.2) is 72.6 Å². The lowest BCUT2D eigenvalue weighted by Crippen LogP contribution is -1.85. The highest BCUT2D eigenvalue weighted by atomic mass is 14.1. The van der Waals surface area contributed by atoms with Crippen molar-refractivity contribution in [2.45, 2.75) is 13.8 Å².